The van der Waals surface area contributed by atoms with Gasteiger partial charge in [0.15, 0.2) is 5.82 Å². The third-order valence-corrected chi connectivity index (χ3v) is 7.68. The Labute approximate surface area is 249 Å². The monoisotopic (exact) mass is 604 g/mol. The molecule has 0 aliphatic carbocycles. The van der Waals surface area contributed by atoms with Crippen molar-refractivity contribution in [3.63, 3.8) is 0 Å². The minimum Gasteiger partial charge on any atom is -0.443 e. The van der Waals surface area contributed by atoms with Crippen LogP contribution in [-0.4, -0.2) is 51.3 Å². The van der Waals surface area contributed by atoms with E-state index in [1.54, 1.807) is 52.0 Å². The van der Waals surface area contributed by atoms with Gasteiger partial charge in [0.2, 0.25) is 5.91 Å². The van der Waals surface area contributed by atoms with Gasteiger partial charge >= 0.3 is 6.09 Å². The number of nitrogen functional groups attached to an aromatic ring is 1. The number of hydrogen-bond donors (Lipinski definition) is 3. The molecule has 4 rings (SSSR count). The molecule has 0 spiro atoms. The number of aryl methyl sites for hydroxylation is 1. The van der Waals surface area contributed by atoms with E-state index in [0.717, 1.165) is 5.56 Å². The lowest BCUT2D eigenvalue weighted by molar-refractivity contribution is -0.119. The number of anilines is 2. The number of nitrogens with zero attached hydrogens (tertiary/aromatic N) is 5. The first-order valence-electron chi connectivity index (χ1n) is 13.2. The molecule has 0 aliphatic rings. The van der Waals surface area contributed by atoms with E-state index < -0.39 is 33.7 Å². The summed E-state index contributed by atoms with van der Waals surface area (Å²) in [5.41, 5.74) is 7.09. The Bertz CT molecular complexity index is 1700. The van der Waals surface area contributed by atoms with Crippen LogP contribution in [-0.2, 0) is 26.0 Å². The SMILES string of the molecule is Cc1ccc(S(=O)(=O)N(C(=O)OC(C)(C)C)[C@@H](Cc2cnc[nH]2)C(=O)Nc2ccc(N=Nc3ccccc3)c(N)n2)cc1. The summed E-state index contributed by atoms with van der Waals surface area (Å²) in [5, 5.41) is 10.8. The molecule has 224 valence electrons. The highest BCUT2D eigenvalue weighted by Crippen LogP contribution is 2.27. The van der Waals surface area contributed by atoms with Gasteiger partial charge in [-0.25, -0.2) is 23.2 Å². The zero-order chi connectivity index (χ0) is 31.2. The molecule has 0 saturated carbocycles. The van der Waals surface area contributed by atoms with Crippen molar-refractivity contribution >= 4 is 45.0 Å². The molecule has 43 heavy (non-hydrogen) atoms. The average molecular weight is 605 g/mol. The molecular weight excluding hydrogens is 572 g/mol. The molecule has 14 heteroatoms. The van der Waals surface area contributed by atoms with Crippen molar-refractivity contribution in [1.82, 2.24) is 19.3 Å². The van der Waals surface area contributed by atoms with Gasteiger partial charge in [0, 0.05) is 18.3 Å². The first-order valence-corrected chi connectivity index (χ1v) is 14.6. The van der Waals surface area contributed by atoms with Gasteiger partial charge in [0.1, 0.15) is 23.1 Å². The fourth-order valence-electron chi connectivity index (χ4n) is 3.85. The largest absolute Gasteiger partial charge is 0.443 e. The molecule has 2 heterocycles. The van der Waals surface area contributed by atoms with Gasteiger partial charge in [-0.1, -0.05) is 35.9 Å². The van der Waals surface area contributed by atoms with Gasteiger partial charge in [0.25, 0.3) is 10.0 Å². The number of rotatable bonds is 9. The molecule has 0 aliphatic heterocycles. The number of pyridine rings is 1. The van der Waals surface area contributed by atoms with Crippen LogP contribution in [0.2, 0.25) is 0 Å². The number of carbonyl (C=O) groups is 2. The summed E-state index contributed by atoms with van der Waals surface area (Å²) in [6.07, 6.45) is 1.34. The molecule has 0 radical (unpaired) electrons. The summed E-state index contributed by atoms with van der Waals surface area (Å²) >= 11 is 0. The lowest BCUT2D eigenvalue weighted by atomic mass is 10.1. The second-order valence-electron chi connectivity index (χ2n) is 10.5. The zero-order valence-corrected chi connectivity index (χ0v) is 24.9. The van der Waals surface area contributed by atoms with E-state index in [0.29, 0.717) is 15.7 Å². The smallest absolute Gasteiger partial charge is 0.425 e. The summed E-state index contributed by atoms with van der Waals surface area (Å²) in [5.74, 6) is -0.881. The van der Waals surface area contributed by atoms with Gasteiger partial charge in [0.05, 0.1) is 16.9 Å². The number of H-pyrrole nitrogens is 1. The number of imidazole rings is 1. The molecule has 0 saturated heterocycles. The Hall–Kier alpha value is -5.11. The van der Waals surface area contributed by atoms with Crippen molar-refractivity contribution in [3.05, 3.63) is 90.5 Å². The summed E-state index contributed by atoms with van der Waals surface area (Å²) in [7, 11) is -4.59. The van der Waals surface area contributed by atoms with Crippen LogP contribution < -0.4 is 11.1 Å². The third kappa shape index (κ3) is 8.01. The molecule has 0 fully saturated rings. The maximum Gasteiger partial charge on any atom is 0.425 e. The standard InChI is InChI=1S/C29H32N8O5S/c1-19-10-12-22(13-11-19)43(40,41)37(28(39)42-29(2,3)4)24(16-21-17-31-18-32-21)27(38)34-25-15-14-23(26(30)33-25)36-35-20-8-6-5-7-9-20/h5-15,17-18,24H,16H2,1-4H3,(H,31,32)(H3,30,33,34,38)/t24-/m0/s1. The quantitative estimate of drug-likeness (QED) is 0.215. The van der Waals surface area contributed by atoms with Crippen molar-refractivity contribution in [3.8, 4) is 0 Å². The van der Waals surface area contributed by atoms with Gasteiger partial charge < -0.3 is 20.8 Å². The minimum atomic E-state index is -4.59. The summed E-state index contributed by atoms with van der Waals surface area (Å²) in [6.45, 7) is 6.57. The van der Waals surface area contributed by atoms with E-state index in [2.05, 4.69) is 30.5 Å². The third-order valence-electron chi connectivity index (χ3n) is 5.89. The van der Waals surface area contributed by atoms with Crippen LogP contribution in [0.25, 0.3) is 0 Å². The zero-order valence-electron chi connectivity index (χ0n) is 24.1. The van der Waals surface area contributed by atoms with Crippen LogP contribution in [0.5, 0.6) is 0 Å². The number of amides is 2. The van der Waals surface area contributed by atoms with Crippen LogP contribution in [0.15, 0.2) is 94.4 Å². The molecule has 2 amide bonds. The fraction of sp³-hybridized carbons (Fsp3) is 0.241. The second kappa shape index (κ2) is 12.8. The van der Waals surface area contributed by atoms with E-state index >= 15 is 0 Å². The molecule has 4 N–H and O–H groups in total. The normalized spacial score (nSPS) is 12.6. The number of benzene rings is 2. The van der Waals surface area contributed by atoms with Crippen molar-refractivity contribution in [2.24, 2.45) is 10.2 Å². The predicted molar refractivity (Wildman–Crippen MR) is 160 cm³/mol. The van der Waals surface area contributed by atoms with Crippen molar-refractivity contribution in [2.75, 3.05) is 11.1 Å². The number of nitrogens with one attached hydrogen (secondary N) is 2. The highest BCUT2D eigenvalue weighted by molar-refractivity contribution is 7.89. The summed E-state index contributed by atoms with van der Waals surface area (Å²) in [6, 6.07) is 16.2. The molecule has 1 atom stereocenters. The van der Waals surface area contributed by atoms with Gasteiger partial charge in [-0.3, -0.25) is 4.79 Å². The first-order chi connectivity index (χ1) is 20.3. The summed E-state index contributed by atoms with van der Waals surface area (Å²) in [4.78, 5) is 38.1. The number of sulfonamides is 1. The molecular formula is C29H32N8O5S. The molecule has 4 aromatic rings. The van der Waals surface area contributed by atoms with Gasteiger partial charge in [-0.15, -0.1) is 5.11 Å². The van der Waals surface area contributed by atoms with Crippen LogP contribution in [0.4, 0.5) is 27.8 Å². The molecule has 2 aromatic heterocycles. The second-order valence-corrected chi connectivity index (χ2v) is 12.3. The minimum absolute atomic E-state index is 0.00708. The Morgan fingerprint density at radius 3 is 2.35 bits per heavy atom. The van der Waals surface area contributed by atoms with Crippen molar-refractivity contribution < 1.29 is 22.7 Å². The van der Waals surface area contributed by atoms with Crippen LogP contribution >= 0.6 is 0 Å². The predicted octanol–water partition coefficient (Wildman–Crippen LogP) is 5.29. The Kier molecular flexibility index (Phi) is 9.19. The van der Waals surface area contributed by atoms with E-state index in [1.165, 1.54) is 36.8 Å². The van der Waals surface area contributed by atoms with Gasteiger partial charge in [-0.2, -0.15) is 9.42 Å². The molecule has 13 nitrogen and oxygen atoms in total. The van der Waals surface area contributed by atoms with E-state index in [-0.39, 0.29) is 28.6 Å². The number of aromatic nitrogens is 3. The van der Waals surface area contributed by atoms with Crippen LogP contribution in [0.1, 0.15) is 32.0 Å². The van der Waals surface area contributed by atoms with Crippen molar-refractivity contribution in [2.45, 2.75) is 50.7 Å². The number of hydrogen-bond acceptors (Lipinski definition) is 10. The lowest BCUT2D eigenvalue weighted by Crippen LogP contribution is -2.53. The Morgan fingerprint density at radius 2 is 1.74 bits per heavy atom. The highest BCUT2D eigenvalue weighted by Gasteiger charge is 2.42. The van der Waals surface area contributed by atoms with Crippen LogP contribution in [0.3, 0.4) is 0 Å². The Morgan fingerprint density at radius 1 is 1.05 bits per heavy atom. The fourth-order valence-corrected chi connectivity index (χ4v) is 5.29. The molecule has 0 unspecified atom stereocenters. The van der Waals surface area contributed by atoms with Crippen molar-refractivity contribution in [1.29, 1.82) is 0 Å². The number of ether oxygens (including phenoxy) is 1. The number of azo groups is 1. The van der Waals surface area contributed by atoms with E-state index in [4.69, 9.17) is 10.5 Å². The maximum atomic E-state index is 13.9. The van der Waals surface area contributed by atoms with Crippen LogP contribution in [0, 0.1) is 6.92 Å². The highest BCUT2D eigenvalue weighted by atomic mass is 32.2. The number of carbonyl (C=O) groups excluding carboxylic acids is 2. The first kappa shape index (κ1) is 30.8. The Balaban J connectivity index is 1.70. The average Bonchev–Trinajstić information content (AvgIpc) is 3.45. The number of aromatic amines is 1. The molecule has 0 bridgehead atoms. The summed E-state index contributed by atoms with van der Waals surface area (Å²) < 4.78 is 33.8. The van der Waals surface area contributed by atoms with E-state index in [1.807, 2.05) is 18.2 Å². The lowest BCUT2D eigenvalue weighted by Gasteiger charge is -2.32. The molecule has 2 aromatic carbocycles. The topological polar surface area (TPSA) is 185 Å². The van der Waals surface area contributed by atoms with E-state index in [9.17, 15) is 18.0 Å². The number of nitrogens with two attached hydrogens (primary N) is 1. The van der Waals surface area contributed by atoms with Gasteiger partial charge in [-0.05, 0) is 64.1 Å². The maximum absolute atomic E-state index is 13.9.